The van der Waals surface area contributed by atoms with Gasteiger partial charge in [-0.05, 0) is 49.2 Å². The van der Waals surface area contributed by atoms with Crippen molar-refractivity contribution in [1.82, 2.24) is 10.1 Å². The van der Waals surface area contributed by atoms with Crippen molar-refractivity contribution in [2.24, 2.45) is 11.1 Å². The first-order valence-electron chi connectivity index (χ1n) is 7.22. The highest BCUT2D eigenvalue weighted by Crippen LogP contribution is 2.30. The van der Waals surface area contributed by atoms with Crippen molar-refractivity contribution < 1.29 is 8.91 Å². The summed E-state index contributed by atoms with van der Waals surface area (Å²) < 4.78 is 18.3. The van der Waals surface area contributed by atoms with E-state index in [1.165, 1.54) is 12.1 Å². The summed E-state index contributed by atoms with van der Waals surface area (Å²) in [6.07, 6.45) is 1.11. The monoisotopic (exact) mass is 289 g/mol. The van der Waals surface area contributed by atoms with E-state index in [0.717, 1.165) is 43.1 Å². The van der Waals surface area contributed by atoms with E-state index in [-0.39, 0.29) is 11.2 Å². The topological polar surface area (TPSA) is 55.3 Å². The average molecular weight is 289 g/mol. The summed E-state index contributed by atoms with van der Waals surface area (Å²) in [6.45, 7) is 5.68. The molecule has 112 valence electrons. The van der Waals surface area contributed by atoms with Crippen LogP contribution in [0.3, 0.4) is 0 Å². The molecule has 2 heterocycles. The molecule has 0 aliphatic carbocycles. The number of likely N-dealkylation sites (tertiary alicyclic amines) is 1. The van der Waals surface area contributed by atoms with Gasteiger partial charge in [0, 0.05) is 18.2 Å². The predicted octanol–water partition coefficient (Wildman–Crippen LogP) is 2.65. The molecule has 2 aromatic rings. The molecule has 1 atom stereocenters. The minimum atomic E-state index is -0.249. The highest BCUT2D eigenvalue weighted by atomic mass is 19.1. The maximum atomic E-state index is 12.9. The van der Waals surface area contributed by atoms with Gasteiger partial charge in [0.15, 0.2) is 5.76 Å². The van der Waals surface area contributed by atoms with Crippen molar-refractivity contribution in [2.75, 3.05) is 19.6 Å². The van der Waals surface area contributed by atoms with Gasteiger partial charge in [0.05, 0.1) is 6.54 Å². The van der Waals surface area contributed by atoms with Crippen LogP contribution >= 0.6 is 0 Å². The summed E-state index contributed by atoms with van der Waals surface area (Å²) in [4.78, 5) is 2.34. The second kappa shape index (κ2) is 5.58. The Kier molecular flexibility index (Phi) is 3.78. The fourth-order valence-corrected chi connectivity index (χ4v) is 2.79. The van der Waals surface area contributed by atoms with Crippen LogP contribution in [-0.4, -0.2) is 29.7 Å². The number of aromatic nitrogens is 1. The van der Waals surface area contributed by atoms with Crippen LogP contribution in [-0.2, 0) is 6.54 Å². The normalized spacial score (nSPS) is 22.8. The Balaban J connectivity index is 1.67. The first-order valence-corrected chi connectivity index (χ1v) is 7.22. The maximum Gasteiger partial charge on any atom is 0.151 e. The van der Waals surface area contributed by atoms with Crippen LogP contribution in [0.5, 0.6) is 0 Å². The molecule has 3 rings (SSSR count). The number of nitrogens with two attached hydrogens (primary N) is 1. The lowest BCUT2D eigenvalue weighted by Gasteiger charge is -2.21. The van der Waals surface area contributed by atoms with Gasteiger partial charge in [-0.25, -0.2) is 4.39 Å². The maximum absolute atomic E-state index is 12.9. The molecular weight excluding hydrogens is 269 g/mol. The van der Waals surface area contributed by atoms with Crippen molar-refractivity contribution in [1.29, 1.82) is 0 Å². The minimum absolute atomic E-state index is 0.208. The van der Waals surface area contributed by atoms with Gasteiger partial charge in [0.1, 0.15) is 11.5 Å². The number of benzene rings is 1. The molecule has 5 heteroatoms. The molecule has 0 bridgehead atoms. The fourth-order valence-electron chi connectivity index (χ4n) is 2.79. The molecule has 0 radical (unpaired) electrons. The lowest BCUT2D eigenvalue weighted by atomic mass is 9.90. The number of nitrogens with zero attached hydrogens (tertiary/aromatic N) is 2. The van der Waals surface area contributed by atoms with E-state index in [1.807, 2.05) is 6.07 Å². The molecule has 0 spiro atoms. The van der Waals surface area contributed by atoms with Crippen molar-refractivity contribution >= 4 is 0 Å². The largest absolute Gasteiger partial charge is 0.359 e. The standard InChI is InChI=1S/C16H20FN3O/c1-16(10-18)6-7-20(11-16)9-14-8-15(19-21-14)12-2-4-13(17)5-3-12/h2-5,8H,6-7,9-11,18H2,1H3. The molecular formula is C16H20FN3O. The van der Waals surface area contributed by atoms with Crippen molar-refractivity contribution in [3.8, 4) is 11.3 Å². The minimum Gasteiger partial charge on any atom is -0.359 e. The van der Waals surface area contributed by atoms with Crippen molar-refractivity contribution in [3.63, 3.8) is 0 Å². The Bertz CT molecular complexity index is 610. The second-order valence-corrected chi connectivity index (χ2v) is 6.16. The predicted molar refractivity (Wildman–Crippen MR) is 79.0 cm³/mol. The Morgan fingerprint density at radius 1 is 1.38 bits per heavy atom. The summed E-state index contributed by atoms with van der Waals surface area (Å²) in [7, 11) is 0. The number of rotatable bonds is 4. The van der Waals surface area contributed by atoms with Crippen LogP contribution in [0.25, 0.3) is 11.3 Å². The van der Waals surface area contributed by atoms with Gasteiger partial charge in [0.2, 0.25) is 0 Å². The van der Waals surface area contributed by atoms with Crippen LogP contribution in [0, 0.1) is 11.2 Å². The molecule has 0 amide bonds. The fraction of sp³-hybridized carbons (Fsp3) is 0.438. The van der Waals surface area contributed by atoms with E-state index in [4.69, 9.17) is 10.3 Å². The van der Waals surface area contributed by atoms with Crippen LogP contribution in [0.15, 0.2) is 34.9 Å². The zero-order valence-electron chi connectivity index (χ0n) is 12.2. The molecule has 2 N–H and O–H groups in total. The summed E-state index contributed by atoms with van der Waals surface area (Å²) >= 11 is 0. The molecule has 1 unspecified atom stereocenters. The van der Waals surface area contributed by atoms with E-state index >= 15 is 0 Å². The van der Waals surface area contributed by atoms with Gasteiger partial charge >= 0.3 is 0 Å². The van der Waals surface area contributed by atoms with E-state index in [0.29, 0.717) is 6.54 Å². The van der Waals surface area contributed by atoms with Gasteiger partial charge < -0.3 is 10.3 Å². The third-order valence-corrected chi connectivity index (χ3v) is 4.21. The third-order valence-electron chi connectivity index (χ3n) is 4.21. The molecule has 21 heavy (non-hydrogen) atoms. The average Bonchev–Trinajstić information content (AvgIpc) is 3.08. The lowest BCUT2D eigenvalue weighted by Crippen LogP contribution is -2.31. The Hall–Kier alpha value is -1.72. The van der Waals surface area contributed by atoms with Crippen LogP contribution in [0.1, 0.15) is 19.1 Å². The first kappa shape index (κ1) is 14.2. The Labute approximate surface area is 123 Å². The van der Waals surface area contributed by atoms with Crippen LogP contribution in [0.2, 0.25) is 0 Å². The second-order valence-electron chi connectivity index (χ2n) is 6.16. The molecule has 1 aliphatic heterocycles. The highest BCUT2D eigenvalue weighted by Gasteiger charge is 2.32. The van der Waals surface area contributed by atoms with E-state index in [9.17, 15) is 4.39 Å². The van der Waals surface area contributed by atoms with E-state index < -0.39 is 0 Å². The molecule has 1 saturated heterocycles. The molecule has 1 aromatic carbocycles. The first-order chi connectivity index (χ1) is 10.1. The van der Waals surface area contributed by atoms with Gasteiger partial charge in [0.25, 0.3) is 0 Å². The molecule has 1 fully saturated rings. The van der Waals surface area contributed by atoms with Crippen LogP contribution in [0.4, 0.5) is 4.39 Å². The highest BCUT2D eigenvalue weighted by molar-refractivity contribution is 5.58. The lowest BCUT2D eigenvalue weighted by molar-refractivity contribution is 0.243. The van der Waals surface area contributed by atoms with Crippen molar-refractivity contribution in [2.45, 2.75) is 19.9 Å². The number of halogens is 1. The van der Waals surface area contributed by atoms with Gasteiger partial charge in [-0.2, -0.15) is 0 Å². The molecule has 1 aliphatic rings. The number of hydrogen-bond donors (Lipinski definition) is 1. The van der Waals surface area contributed by atoms with E-state index in [1.54, 1.807) is 12.1 Å². The summed E-state index contributed by atoms with van der Waals surface area (Å²) in [5.74, 6) is 0.580. The summed E-state index contributed by atoms with van der Waals surface area (Å²) in [6, 6.07) is 8.19. The molecule has 4 nitrogen and oxygen atoms in total. The van der Waals surface area contributed by atoms with Crippen LogP contribution < -0.4 is 5.73 Å². The van der Waals surface area contributed by atoms with E-state index in [2.05, 4.69) is 17.0 Å². The van der Waals surface area contributed by atoms with Crippen molar-refractivity contribution in [3.05, 3.63) is 41.9 Å². The zero-order chi connectivity index (χ0) is 14.9. The summed E-state index contributed by atoms with van der Waals surface area (Å²) in [5, 5.41) is 4.07. The quantitative estimate of drug-likeness (QED) is 0.940. The van der Waals surface area contributed by atoms with Gasteiger partial charge in [-0.3, -0.25) is 4.90 Å². The summed E-state index contributed by atoms with van der Waals surface area (Å²) in [5.41, 5.74) is 7.63. The third kappa shape index (κ3) is 3.14. The number of hydrogen-bond acceptors (Lipinski definition) is 4. The molecule has 1 aromatic heterocycles. The SMILES string of the molecule is CC1(CN)CCN(Cc2cc(-c3ccc(F)cc3)no2)C1. The smallest absolute Gasteiger partial charge is 0.151 e. The molecule has 0 saturated carbocycles. The Morgan fingerprint density at radius 2 is 2.14 bits per heavy atom. The zero-order valence-corrected chi connectivity index (χ0v) is 12.2. The van der Waals surface area contributed by atoms with Gasteiger partial charge in [-0.15, -0.1) is 0 Å². The van der Waals surface area contributed by atoms with Gasteiger partial charge in [-0.1, -0.05) is 12.1 Å². The Morgan fingerprint density at radius 3 is 2.81 bits per heavy atom.